The van der Waals surface area contributed by atoms with Crippen molar-refractivity contribution in [3.05, 3.63) is 35.1 Å². The Labute approximate surface area is 210 Å². The number of benzene rings is 1. The maximum atomic E-state index is 13.7. The molecule has 2 heterocycles. The van der Waals surface area contributed by atoms with E-state index in [-0.39, 0.29) is 24.5 Å². The van der Waals surface area contributed by atoms with Gasteiger partial charge < -0.3 is 24.7 Å². The van der Waals surface area contributed by atoms with Crippen molar-refractivity contribution in [3.8, 4) is 11.6 Å². The molecule has 0 spiro atoms. The molecule has 35 heavy (non-hydrogen) atoms. The average Bonchev–Trinajstić information content (AvgIpc) is 3.19. The minimum absolute atomic E-state index is 0.0755. The lowest BCUT2D eigenvalue weighted by Crippen LogP contribution is -2.36. The highest BCUT2D eigenvalue weighted by Gasteiger charge is 2.41. The second kappa shape index (κ2) is 10.1. The third kappa shape index (κ3) is 5.27. The number of nitrogens with zero attached hydrogens (tertiary/aromatic N) is 5. The lowest BCUT2D eigenvalue weighted by Gasteiger charge is -2.37. The van der Waals surface area contributed by atoms with Crippen LogP contribution in [0.4, 0.5) is 5.95 Å². The third-order valence-electron chi connectivity index (χ3n) is 6.00. The fourth-order valence-corrected chi connectivity index (χ4v) is 5.83. The summed E-state index contributed by atoms with van der Waals surface area (Å²) in [6.07, 6.45) is 3.10. The number of imidazole rings is 1. The van der Waals surface area contributed by atoms with Crippen molar-refractivity contribution in [1.82, 2.24) is 24.2 Å². The third-order valence-corrected chi connectivity index (χ3v) is 8.53. The first kappa shape index (κ1) is 25.4. The van der Waals surface area contributed by atoms with Crippen LogP contribution in [0.15, 0.2) is 35.1 Å². The zero-order chi connectivity index (χ0) is 25.3. The average molecular weight is 569 g/mol. The maximum absolute atomic E-state index is 13.7. The SMILES string of the molecule is COc1nc(N)nc2c1ncn2[C@H]1C[C@@H](COP(=O)(Oc2cccc(Br)c2)N(C)[C@@H](C)C(=O)O)C1. The van der Waals surface area contributed by atoms with Crippen LogP contribution in [0.5, 0.6) is 11.6 Å². The minimum Gasteiger partial charge on any atom is -0.480 e. The number of nitrogens with two attached hydrogens (primary N) is 1. The van der Waals surface area contributed by atoms with E-state index in [0.29, 0.717) is 35.6 Å². The van der Waals surface area contributed by atoms with E-state index >= 15 is 0 Å². The molecule has 3 N–H and O–H groups in total. The lowest BCUT2D eigenvalue weighted by atomic mass is 9.81. The van der Waals surface area contributed by atoms with Gasteiger partial charge in [0.25, 0.3) is 0 Å². The molecule has 3 aromatic rings. The monoisotopic (exact) mass is 568 g/mol. The van der Waals surface area contributed by atoms with Crippen LogP contribution in [0, 0.1) is 5.92 Å². The van der Waals surface area contributed by atoms with Gasteiger partial charge in [-0.1, -0.05) is 22.0 Å². The molecule has 1 unspecified atom stereocenters. The number of hydrogen-bond donors (Lipinski definition) is 2. The van der Waals surface area contributed by atoms with Crippen molar-refractivity contribution in [1.29, 1.82) is 0 Å². The Bertz CT molecular complexity index is 1280. The number of carboxylic acid groups (broad SMARTS) is 1. The zero-order valence-electron chi connectivity index (χ0n) is 19.4. The summed E-state index contributed by atoms with van der Waals surface area (Å²) in [5.74, 6) is -0.356. The van der Waals surface area contributed by atoms with E-state index in [1.54, 1.807) is 30.6 Å². The van der Waals surface area contributed by atoms with Gasteiger partial charge >= 0.3 is 13.7 Å². The van der Waals surface area contributed by atoms with Crippen molar-refractivity contribution in [3.63, 3.8) is 0 Å². The van der Waals surface area contributed by atoms with E-state index in [9.17, 15) is 14.5 Å². The van der Waals surface area contributed by atoms with Gasteiger partial charge in [0.2, 0.25) is 11.8 Å². The number of ether oxygens (including phenoxy) is 1. The number of aromatic nitrogens is 4. The Morgan fingerprint density at radius 3 is 2.80 bits per heavy atom. The molecule has 1 aliphatic carbocycles. The van der Waals surface area contributed by atoms with Gasteiger partial charge in [0.15, 0.2) is 11.2 Å². The molecular formula is C21H26BrN6O6P. The van der Waals surface area contributed by atoms with Gasteiger partial charge in [-0.2, -0.15) is 14.6 Å². The van der Waals surface area contributed by atoms with Crippen molar-refractivity contribution in [2.45, 2.75) is 31.8 Å². The fourth-order valence-electron chi connectivity index (χ4n) is 3.79. The summed E-state index contributed by atoms with van der Waals surface area (Å²) in [6.45, 7) is 1.56. The van der Waals surface area contributed by atoms with E-state index in [1.165, 1.54) is 21.1 Å². The molecule has 0 amide bonds. The van der Waals surface area contributed by atoms with E-state index in [4.69, 9.17) is 19.5 Å². The van der Waals surface area contributed by atoms with Gasteiger partial charge in [-0.3, -0.25) is 9.32 Å². The number of rotatable bonds is 10. The van der Waals surface area contributed by atoms with E-state index < -0.39 is 19.8 Å². The summed E-state index contributed by atoms with van der Waals surface area (Å²) in [5.41, 5.74) is 6.91. The Kier molecular flexibility index (Phi) is 7.32. The van der Waals surface area contributed by atoms with Crippen LogP contribution in [0.25, 0.3) is 11.2 Å². The highest BCUT2D eigenvalue weighted by Crippen LogP contribution is 2.54. The number of methoxy groups -OCH3 is 1. The Hall–Kier alpha value is -2.73. The predicted molar refractivity (Wildman–Crippen MR) is 131 cm³/mol. The summed E-state index contributed by atoms with van der Waals surface area (Å²) >= 11 is 3.35. The molecule has 2 aromatic heterocycles. The summed E-state index contributed by atoms with van der Waals surface area (Å²) in [5, 5.41) is 9.43. The van der Waals surface area contributed by atoms with E-state index in [1.807, 2.05) is 4.57 Å². The first-order valence-corrected chi connectivity index (χ1v) is 13.1. The molecule has 1 aliphatic rings. The molecule has 1 fully saturated rings. The minimum atomic E-state index is -3.97. The highest BCUT2D eigenvalue weighted by atomic mass is 79.9. The molecule has 0 aliphatic heterocycles. The Morgan fingerprint density at radius 2 is 2.14 bits per heavy atom. The first-order chi connectivity index (χ1) is 16.6. The van der Waals surface area contributed by atoms with Crippen molar-refractivity contribution in [2.24, 2.45) is 5.92 Å². The number of aliphatic carboxylic acids is 1. The van der Waals surface area contributed by atoms with E-state index in [2.05, 4.69) is 30.9 Å². The summed E-state index contributed by atoms with van der Waals surface area (Å²) in [7, 11) is -1.07. The van der Waals surface area contributed by atoms with Crippen LogP contribution in [0.3, 0.4) is 0 Å². The Morgan fingerprint density at radius 1 is 1.40 bits per heavy atom. The van der Waals surface area contributed by atoms with Crippen LogP contribution in [-0.2, 0) is 13.9 Å². The van der Waals surface area contributed by atoms with Gasteiger partial charge in [-0.05, 0) is 50.9 Å². The van der Waals surface area contributed by atoms with Gasteiger partial charge in [-0.25, -0.2) is 9.55 Å². The summed E-state index contributed by atoms with van der Waals surface area (Å²) in [4.78, 5) is 24.2. The quantitative estimate of drug-likeness (QED) is 0.343. The molecular weight excluding hydrogens is 543 g/mol. The number of fused-ring (bicyclic) bond motifs is 1. The molecule has 1 aromatic carbocycles. The van der Waals surface area contributed by atoms with Crippen LogP contribution in [0.2, 0.25) is 0 Å². The highest BCUT2D eigenvalue weighted by molar-refractivity contribution is 9.10. The number of carbonyl (C=O) groups is 1. The normalized spacial score (nSPS) is 20.3. The topological polar surface area (TPSA) is 155 Å². The van der Waals surface area contributed by atoms with Crippen LogP contribution in [-0.4, -0.2) is 62.1 Å². The predicted octanol–water partition coefficient (Wildman–Crippen LogP) is 3.74. The van der Waals surface area contributed by atoms with Crippen LogP contribution in [0.1, 0.15) is 25.8 Å². The molecule has 12 nitrogen and oxygen atoms in total. The molecule has 4 rings (SSSR count). The molecule has 0 saturated heterocycles. The summed E-state index contributed by atoms with van der Waals surface area (Å²) in [6, 6.07) is 5.80. The molecule has 0 bridgehead atoms. The molecule has 0 radical (unpaired) electrons. The largest absolute Gasteiger partial charge is 0.480 e. The molecule has 14 heteroatoms. The van der Waals surface area contributed by atoms with Crippen LogP contribution < -0.4 is 15.0 Å². The van der Waals surface area contributed by atoms with Crippen molar-refractivity contribution < 1.29 is 28.3 Å². The number of nitrogen functional groups attached to an aromatic ring is 1. The van der Waals surface area contributed by atoms with Crippen LogP contribution >= 0.6 is 23.7 Å². The number of hydrogen-bond acceptors (Lipinski definition) is 9. The molecule has 2 atom stereocenters. The zero-order valence-corrected chi connectivity index (χ0v) is 21.8. The molecule has 1 saturated carbocycles. The number of likely N-dealkylation sites (N-methyl/N-ethyl adjacent to an activating group) is 1. The van der Waals surface area contributed by atoms with E-state index in [0.717, 1.165) is 9.14 Å². The standard InChI is InChI=1S/C21H26BrN6O6P/c1-12(20(29)30)27(2)35(31,34-16-6-4-5-14(22)9-16)33-10-13-7-15(8-13)28-11-24-17-18(28)25-21(23)26-19(17)32-3/h4-6,9,11-13,15H,7-8,10H2,1-3H3,(H,29,30)(H2,23,25,26)/t12-,13-,15+,35?/m0/s1. The number of carboxylic acids is 1. The van der Waals surface area contributed by atoms with Gasteiger partial charge in [0.05, 0.1) is 20.0 Å². The van der Waals surface area contributed by atoms with Gasteiger partial charge in [0, 0.05) is 10.5 Å². The maximum Gasteiger partial charge on any atom is 0.461 e. The molecule has 188 valence electrons. The Balaban J connectivity index is 1.46. The second-order valence-electron chi connectivity index (χ2n) is 8.31. The first-order valence-electron chi connectivity index (χ1n) is 10.8. The second-order valence-corrected chi connectivity index (χ2v) is 11.2. The smallest absolute Gasteiger partial charge is 0.461 e. The lowest BCUT2D eigenvalue weighted by molar-refractivity contribution is -0.140. The van der Waals surface area contributed by atoms with Crippen molar-refractivity contribution in [2.75, 3.05) is 26.5 Å². The fraction of sp³-hybridized carbons (Fsp3) is 0.429. The number of halogens is 1. The van der Waals surface area contributed by atoms with Gasteiger partial charge in [-0.15, -0.1) is 0 Å². The number of anilines is 1. The van der Waals surface area contributed by atoms with Crippen molar-refractivity contribution >= 4 is 46.8 Å². The van der Waals surface area contributed by atoms with Gasteiger partial charge in [0.1, 0.15) is 11.8 Å². The summed E-state index contributed by atoms with van der Waals surface area (Å²) < 4.78 is 34.3.